The van der Waals surface area contributed by atoms with Crippen LogP contribution in [0.4, 0.5) is 5.69 Å². The van der Waals surface area contributed by atoms with Crippen molar-refractivity contribution in [2.45, 2.75) is 11.3 Å². The van der Waals surface area contributed by atoms with Crippen molar-refractivity contribution in [1.82, 2.24) is 0 Å². The van der Waals surface area contributed by atoms with E-state index in [4.69, 9.17) is 10.5 Å². The number of nitrogen functional groups attached to an aromatic ring is 1. The average Bonchev–Trinajstić information content (AvgIpc) is 2.74. The minimum absolute atomic E-state index is 0.402. The van der Waals surface area contributed by atoms with Gasteiger partial charge >= 0.3 is 0 Å². The fourth-order valence-electron chi connectivity index (χ4n) is 1.72. The third-order valence-corrected chi connectivity index (χ3v) is 4.74. The van der Waals surface area contributed by atoms with Gasteiger partial charge in [0.05, 0.1) is 22.3 Å². The Labute approximate surface area is 106 Å². The molecule has 1 fully saturated rings. The molecule has 1 aliphatic rings. The summed E-state index contributed by atoms with van der Waals surface area (Å²) >= 11 is 3.36. The molecule has 1 aliphatic heterocycles. The summed E-state index contributed by atoms with van der Waals surface area (Å²) in [6.45, 7) is 1.51. The van der Waals surface area contributed by atoms with Crippen LogP contribution in [-0.2, 0) is 15.5 Å². The second-order valence-corrected chi connectivity index (χ2v) is 6.30. The van der Waals surface area contributed by atoms with Crippen LogP contribution < -0.4 is 5.73 Å². The summed E-state index contributed by atoms with van der Waals surface area (Å²) in [6.07, 6.45) is 1.000. The minimum Gasteiger partial charge on any atom is -0.398 e. The van der Waals surface area contributed by atoms with Crippen LogP contribution in [0.5, 0.6) is 0 Å². The SMILES string of the molecule is Nc1ccc(Br)cc1S(=O)CC1CCOC1. The number of ether oxygens (including phenoxy) is 1. The zero-order valence-corrected chi connectivity index (χ0v) is 11.2. The molecule has 1 aromatic rings. The molecule has 5 heteroatoms. The van der Waals surface area contributed by atoms with Gasteiger partial charge in [-0.3, -0.25) is 4.21 Å². The van der Waals surface area contributed by atoms with Crippen molar-refractivity contribution in [3.05, 3.63) is 22.7 Å². The highest BCUT2D eigenvalue weighted by atomic mass is 79.9. The predicted octanol–water partition coefficient (Wildman–Crippen LogP) is 2.18. The van der Waals surface area contributed by atoms with E-state index in [-0.39, 0.29) is 0 Å². The maximum Gasteiger partial charge on any atom is 0.0628 e. The van der Waals surface area contributed by atoms with Crippen LogP contribution in [0.15, 0.2) is 27.6 Å². The fourth-order valence-corrected chi connectivity index (χ4v) is 3.70. The maximum atomic E-state index is 12.1. The molecule has 2 N–H and O–H groups in total. The van der Waals surface area contributed by atoms with Crippen LogP contribution in [0.25, 0.3) is 0 Å². The van der Waals surface area contributed by atoms with Crippen molar-refractivity contribution in [2.24, 2.45) is 5.92 Å². The van der Waals surface area contributed by atoms with Crippen LogP contribution in [0.3, 0.4) is 0 Å². The van der Waals surface area contributed by atoms with Crippen molar-refractivity contribution >= 4 is 32.4 Å². The van der Waals surface area contributed by atoms with Crippen LogP contribution >= 0.6 is 15.9 Å². The van der Waals surface area contributed by atoms with E-state index in [0.29, 0.717) is 17.4 Å². The van der Waals surface area contributed by atoms with Crippen molar-refractivity contribution in [1.29, 1.82) is 0 Å². The first-order valence-electron chi connectivity index (χ1n) is 5.18. The molecule has 88 valence electrons. The van der Waals surface area contributed by atoms with Gasteiger partial charge in [-0.1, -0.05) is 15.9 Å². The van der Waals surface area contributed by atoms with Gasteiger partial charge in [-0.2, -0.15) is 0 Å². The number of nitrogens with two attached hydrogens (primary N) is 1. The summed E-state index contributed by atoms with van der Waals surface area (Å²) in [6, 6.07) is 5.47. The smallest absolute Gasteiger partial charge is 0.0628 e. The summed E-state index contributed by atoms with van der Waals surface area (Å²) in [5, 5.41) is 0. The molecule has 0 bridgehead atoms. The molecule has 1 aromatic carbocycles. The van der Waals surface area contributed by atoms with E-state index in [1.54, 1.807) is 6.07 Å². The second-order valence-electron chi connectivity index (χ2n) is 3.92. The molecule has 0 saturated carbocycles. The quantitative estimate of drug-likeness (QED) is 0.871. The van der Waals surface area contributed by atoms with Gasteiger partial charge in [-0.15, -0.1) is 0 Å². The summed E-state index contributed by atoms with van der Waals surface area (Å²) in [4.78, 5) is 0.723. The summed E-state index contributed by atoms with van der Waals surface area (Å²) in [5.41, 5.74) is 6.42. The summed E-state index contributed by atoms with van der Waals surface area (Å²) < 4.78 is 18.3. The molecule has 0 amide bonds. The molecule has 0 aliphatic carbocycles. The molecule has 3 nitrogen and oxygen atoms in total. The lowest BCUT2D eigenvalue weighted by Gasteiger charge is -2.09. The zero-order chi connectivity index (χ0) is 11.5. The molecular formula is C11H14BrNO2S. The maximum absolute atomic E-state index is 12.1. The molecule has 2 atom stereocenters. The molecule has 2 rings (SSSR count). The molecule has 16 heavy (non-hydrogen) atoms. The summed E-state index contributed by atoms with van der Waals surface area (Å²) in [5.74, 6) is 1.04. The van der Waals surface area contributed by atoms with Gasteiger partial charge < -0.3 is 10.5 Å². The molecule has 1 heterocycles. The monoisotopic (exact) mass is 303 g/mol. The van der Waals surface area contributed by atoms with E-state index in [0.717, 1.165) is 29.0 Å². The zero-order valence-electron chi connectivity index (χ0n) is 8.82. The summed E-state index contributed by atoms with van der Waals surface area (Å²) in [7, 11) is -1.03. The van der Waals surface area contributed by atoms with E-state index in [1.165, 1.54) is 0 Å². The van der Waals surface area contributed by atoms with E-state index in [1.807, 2.05) is 12.1 Å². The van der Waals surface area contributed by atoms with Crippen LogP contribution in [0.1, 0.15) is 6.42 Å². The number of benzene rings is 1. The Hall–Kier alpha value is -0.390. The first kappa shape index (κ1) is 12.1. The molecular weight excluding hydrogens is 290 g/mol. The lowest BCUT2D eigenvalue weighted by Crippen LogP contribution is -2.12. The highest BCUT2D eigenvalue weighted by Crippen LogP contribution is 2.24. The Bertz CT molecular complexity index is 405. The highest BCUT2D eigenvalue weighted by molar-refractivity contribution is 9.10. The minimum atomic E-state index is -1.03. The normalized spacial score (nSPS) is 22.2. The number of anilines is 1. The Morgan fingerprint density at radius 1 is 1.56 bits per heavy atom. The van der Waals surface area contributed by atoms with Crippen LogP contribution in [0.2, 0.25) is 0 Å². The van der Waals surface area contributed by atoms with Gasteiger partial charge in [0.15, 0.2) is 0 Å². The first-order chi connectivity index (χ1) is 7.66. The van der Waals surface area contributed by atoms with E-state index in [2.05, 4.69) is 15.9 Å². The van der Waals surface area contributed by atoms with E-state index >= 15 is 0 Å². The Morgan fingerprint density at radius 3 is 3.06 bits per heavy atom. The highest BCUT2D eigenvalue weighted by Gasteiger charge is 2.20. The van der Waals surface area contributed by atoms with E-state index < -0.39 is 10.8 Å². The van der Waals surface area contributed by atoms with Crippen molar-refractivity contribution in [3.8, 4) is 0 Å². The van der Waals surface area contributed by atoms with Gasteiger partial charge in [0.2, 0.25) is 0 Å². The number of halogens is 1. The van der Waals surface area contributed by atoms with Gasteiger partial charge in [-0.25, -0.2) is 0 Å². The van der Waals surface area contributed by atoms with Crippen LogP contribution in [0, 0.1) is 5.92 Å². The Balaban J connectivity index is 2.10. The van der Waals surface area contributed by atoms with E-state index in [9.17, 15) is 4.21 Å². The van der Waals surface area contributed by atoms with Crippen molar-refractivity contribution < 1.29 is 8.95 Å². The first-order valence-corrected chi connectivity index (χ1v) is 7.29. The third kappa shape index (κ3) is 2.84. The third-order valence-electron chi connectivity index (χ3n) is 2.63. The topological polar surface area (TPSA) is 52.3 Å². The fraction of sp³-hybridized carbons (Fsp3) is 0.455. The molecule has 2 unspecified atom stereocenters. The lowest BCUT2D eigenvalue weighted by atomic mass is 10.2. The van der Waals surface area contributed by atoms with Crippen LogP contribution in [-0.4, -0.2) is 23.2 Å². The van der Waals surface area contributed by atoms with Gasteiger partial charge in [0, 0.05) is 22.5 Å². The van der Waals surface area contributed by atoms with Crippen molar-refractivity contribution in [2.75, 3.05) is 24.7 Å². The van der Waals surface area contributed by atoms with Crippen molar-refractivity contribution in [3.63, 3.8) is 0 Å². The Morgan fingerprint density at radius 2 is 2.38 bits per heavy atom. The molecule has 0 radical (unpaired) electrons. The number of rotatable bonds is 3. The number of hydrogen-bond acceptors (Lipinski definition) is 3. The second kappa shape index (κ2) is 5.29. The standard InChI is InChI=1S/C11H14BrNO2S/c12-9-1-2-10(13)11(5-9)16(14)7-8-3-4-15-6-8/h1-2,5,8H,3-4,6-7,13H2. The predicted molar refractivity (Wildman–Crippen MR) is 68.8 cm³/mol. The van der Waals surface area contributed by atoms with Gasteiger partial charge in [-0.05, 0) is 30.5 Å². The number of hydrogen-bond donors (Lipinski definition) is 1. The largest absolute Gasteiger partial charge is 0.398 e. The lowest BCUT2D eigenvalue weighted by molar-refractivity contribution is 0.189. The average molecular weight is 304 g/mol. The molecule has 0 aromatic heterocycles. The van der Waals surface area contributed by atoms with Gasteiger partial charge in [0.25, 0.3) is 0 Å². The van der Waals surface area contributed by atoms with Gasteiger partial charge in [0.1, 0.15) is 0 Å². The Kier molecular flexibility index (Phi) is 4.00. The molecule has 0 spiro atoms. The molecule has 1 saturated heterocycles.